The van der Waals surface area contributed by atoms with E-state index in [0.717, 1.165) is 6.07 Å². The Hall–Kier alpha value is -2.14. The fraction of sp³-hybridized carbons (Fsp3) is 0.133. The molecule has 6 heteroatoms. The van der Waals surface area contributed by atoms with Crippen molar-refractivity contribution in [2.45, 2.75) is 13.0 Å². The van der Waals surface area contributed by atoms with Gasteiger partial charge in [-0.2, -0.15) is 0 Å². The second-order valence-corrected chi connectivity index (χ2v) is 4.71. The average Bonchev–Trinajstić information content (AvgIpc) is 2.44. The molecule has 0 radical (unpaired) electrons. The molecule has 0 unspecified atom stereocenters. The van der Waals surface area contributed by atoms with Crippen molar-refractivity contribution in [1.29, 1.82) is 0 Å². The number of halogens is 3. The molecule has 2 aromatic carbocycles. The van der Waals surface area contributed by atoms with E-state index in [1.807, 2.05) is 0 Å². The molecule has 2 rings (SSSR count). The van der Waals surface area contributed by atoms with Crippen LogP contribution < -0.4 is 10.1 Å². The van der Waals surface area contributed by atoms with E-state index in [2.05, 4.69) is 5.32 Å². The van der Waals surface area contributed by atoms with Crippen LogP contribution in [0.1, 0.15) is 6.92 Å². The second-order valence-electron chi connectivity index (χ2n) is 4.30. The molecule has 1 atom stereocenters. The molecule has 21 heavy (non-hydrogen) atoms. The number of amides is 1. The highest BCUT2D eigenvalue weighted by Crippen LogP contribution is 2.23. The van der Waals surface area contributed by atoms with Gasteiger partial charge in [0, 0.05) is 0 Å². The van der Waals surface area contributed by atoms with Gasteiger partial charge in [0.25, 0.3) is 5.91 Å². The summed E-state index contributed by atoms with van der Waals surface area (Å²) >= 11 is 5.81. The number of rotatable bonds is 4. The van der Waals surface area contributed by atoms with Gasteiger partial charge in [0.1, 0.15) is 5.82 Å². The number of nitrogens with one attached hydrogen (secondary N) is 1. The second kappa shape index (κ2) is 6.54. The van der Waals surface area contributed by atoms with Crippen LogP contribution in [0.5, 0.6) is 5.75 Å². The lowest BCUT2D eigenvalue weighted by molar-refractivity contribution is -0.122. The summed E-state index contributed by atoms with van der Waals surface area (Å²) in [6, 6.07) is 9.36. The number of carbonyl (C=O) groups is 1. The molecule has 0 spiro atoms. The predicted molar refractivity (Wildman–Crippen MR) is 76.5 cm³/mol. The summed E-state index contributed by atoms with van der Waals surface area (Å²) in [7, 11) is 0. The quantitative estimate of drug-likeness (QED) is 0.926. The topological polar surface area (TPSA) is 38.3 Å². The summed E-state index contributed by atoms with van der Waals surface area (Å²) in [5.74, 6) is -1.61. The maximum atomic E-state index is 13.4. The van der Waals surface area contributed by atoms with Crippen LogP contribution in [0, 0.1) is 11.6 Å². The standard InChI is InChI=1S/C15H12ClF2NO2/c1-9(21-14-5-3-2-4-12(14)18)15(20)19-13-7-6-10(17)8-11(13)16/h2-9H,1H3,(H,19,20)/t9-/m0/s1. The number of hydrogen-bond acceptors (Lipinski definition) is 2. The summed E-state index contributed by atoms with van der Waals surface area (Å²) in [4.78, 5) is 12.0. The highest BCUT2D eigenvalue weighted by molar-refractivity contribution is 6.33. The van der Waals surface area contributed by atoms with Gasteiger partial charge in [-0.3, -0.25) is 4.79 Å². The highest BCUT2D eigenvalue weighted by atomic mass is 35.5. The first-order chi connectivity index (χ1) is 9.97. The van der Waals surface area contributed by atoms with Gasteiger partial charge in [-0.25, -0.2) is 8.78 Å². The van der Waals surface area contributed by atoms with Gasteiger partial charge in [0.05, 0.1) is 10.7 Å². The van der Waals surface area contributed by atoms with Gasteiger partial charge >= 0.3 is 0 Å². The summed E-state index contributed by atoms with van der Waals surface area (Å²) < 4.78 is 31.6. The molecule has 0 saturated carbocycles. The number of ether oxygens (including phenoxy) is 1. The maximum Gasteiger partial charge on any atom is 0.265 e. The normalized spacial score (nSPS) is 11.8. The molecule has 0 saturated heterocycles. The summed E-state index contributed by atoms with van der Waals surface area (Å²) in [5.41, 5.74) is 0.257. The van der Waals surface area contributed by atoms with Crippen molar-refractivity contribution < 1.29 is 18.3 Å². The summed E-state index contributed by atoms with van der Waals surface area (Å²) in [5, 5.41) is 2.56. The lowest BCUT2D eigenvalue weighted by Gasteiger charge is -2.15. The minimum absolute atomic E-state index is 0.0228. The Morgan fingerprint density at radius 2 is 1.95 bits per heavy atom. The minimum atomic E-state index is -0.942. The van der Waals surface area contributed by atoms with Crippen molar-refractivity contribution in [1.82, 2.24) is 0 Å². The van der Waals surface area contributed by atoms with Gasteiger partial charge < -0.3 is 10.1 Å². The molecule has 1 N–H and O–H groups in total. The fourth-order valence-corrected chi connectivity index (χ4v) is 1.82. The van der Waals surface area contributed by atoms with Crippen molar-refractivity contribution in [2.75, 3.05) is 5.32 Å². The molecule has 0 aliphatic rings. The lowest BCUT2D eigenvalue weighted by atomic mass is 10.2. The number of para-hydroxylation sites is 1. The van der Waals surface area contributed by atoms with E-state index in [1.54, 1.807) is 6.07 Å². The first-order valence-electron chi connectivity index (χ1n) is 6.14. The highest BCUT2D eigenvalue weighted by Gasteiger charge is 2.17. The Balaban J connectivity index is 2.04. The smallest absolute Gasteiger partial charge is 0.265 e. The molecular formula is C15H12ClF2NO2. The molecule has 110 valence electrons. The van der Waals surface area contributed by atoms with Crippen LogP contribution in [0.4, 0.5) is 14.5 Å². The summed E-state index contributed by atoms with van der Waals surface area (Å²) in [6.45, 7) is 1.47. The number of hydrogen-bond donors (Lipinski definition) is 1. The Kier molecular flexibility index (Phi) is 4.75. The SMILES string of the molecule is C[C@H](Oc1ccccc1F)C(=O)Nc1ccc(F)cc1Cl. The van der Waals surface area contributed by atoms with Crippen LogP contribution in [-0.2, 0) is 4.79 Å². The zero-order valence-electron chi connectivity index (χ0n) is 11.1. The van der Waals surface area contributed by atoms with E-state index < -0.39 is 23.6 Å². The monoisotopic (exact) mass is 311 g/mol. The van der Waals surface area contributed by atoms with Gasteiger partial charge in [-0.15, -0.1) is 0 Å². The molecule has 2 aromatic rings. The number of benzene rings is 2. The third-order valence-corrected chi connectivity index (χ3v) is 3.01. The van der Waals surface area contributed by atoms with E-state index in [4.69, 9.17) is 16.3 Å². The summed E-state index contributed by atoms with van der Waals surface area (Å²) in [6.07, 6.45) is -0.942. The molecule has 0 aliphatic carbocycles. The van der Waals surface area contributed by atoms with E-state index >= 15 is 0 Å². The third-order valence-electron chi connectivity index (χ3n) is 2.70. The van der Waals surface area contributed by atoms with Crippen LogP contribution in [0.15, 0.2) is 42.5 Å². The molecule has 0 aromatic heterocycles. The van der Waals surface area contributed by atoms with Gasteiger partial charge in [0.15, 0.2) is 17.7 Å². The van der Waals surface area contributed by atoms with Crippen molar-refractivity contribution in [3.63, 3.8) is 0 Å². The first-order valence-corrected chi connectivity index (χ1v) is 6.52. The average molecular weight is 312 g/mol. The minimum Gasteiger partial charge on any atom is -0.478 e. The Morgan fingerprint density at radius 3 is 2.62 bits per heavy atom. The van der Waals surface area contributed by atoms with E-state index in [-0.39, 0.29) is 16.5 Å². The van der Waals surface area contributed by atoms with Crippen molar-refractivity contribution >= 4 is 23.2 Å². The maximum absolute atomic E-state index is 13.4. The Labute approximate surface area is 125 Å². The Morgan fingerprint density at radius 1 is 1.24 bits per heavy atom. The largest absolute Gasteiger partial charge is 0.478 e. The lowest BCUT2D eigenvalue weighted by Crippen LogP contribution is -2.30. The zero-order valence-corrected chi connectivity index (χ0v) is 11.8. The third kappa shape index (κ3) is 3.92. The molecule has 0 fully saturated rings. The Bertz CT molecular complexity index is 664. The molecule has 0 aliphatic heterocycles. The fourth-order valence-electron chi connectivity index (χ4n) is 1.61. The van der Waals surface area contributed by atoms with Gasteiger partial charge in [-0.05, 0) is 37.3 Å². The van der Waals surface area contributed by atoms with E-state index in [1.165, 1.54) is 37.3 Å². The predicted octanol–water partition coefficient (Wildman–Crippen LogP) is 4.02. The number of anilines is 1. The zero-order chi connectivity index (χ0) is 15.4. The molecule has 0 bridgehead atoms. The van der Waals surface area contributed by atoms with E-state index in [0.29, 0.717) is 0 Å². The van der Waals surface area contributed by atoms with Crippen LogP contribution in [0.25, 0.3) is 0 Å². The van der Waals surface area contributed by atoms with Crippen molar-refractivity contribution in [3.8, 4) is 5.75 Å². The van der Waals surface area contributed by atoms with Crippen molar-refractivity contribution in [2.24, 2.45) is 0 Å². The van der Waals surface area contributed by atoms with Crippen molar-refractivity contribution in [3.05, 3.63) is 59.1 Å². The van der Waals surface area contributed by atoms with Crippen LogP contribution >= 0.6 is 11.6 Å². The first kappa shape index (κ1) is 15.3. The van der Waals surface area contributed by atoms with Crippen LogP contribution in [0.2, 0.25) is 5.02 Å². The van der Waals surface area contributed by atoms with Gasteiger partial charge in [-0.1, -0.05) is 23.7 Å². The molecule has 1 amide bonds. The molecular weight excluding hydrogens is 300 g/mol. The molecule has 3 nitrogen and oxygen atoms in total. The van der Waals surface area contributed by atoms with Gasteiger partial charge in [0.2, 0.25) is 0 Å². The van der Waals surface area contributed by atoms with E-state index in [9.17, 15) is 13.6 Å². The van der Waals surface area contributed by atoms with Crippen LogP contribution in [-0.4, -0.2) is 12.0 Å². The number of carbonyl (C=O) groups excluding carboxylic acids is 1. The molecule has 0 heterocycles. The van der Waals surface area contributed by atoms with Crippen LogP contribution in [0.3, 0.4) is 0 Å².